The third kappa shape index (κ3) is 2.94. The standard InChI is InChI=1S/C15H17FN6O/c16-11-7-19-13(20-8-11)21-12-6-15(23-9-12)2-5-22(10-15)14-17-3-1-4-18-14/h1,3-4,7-8,12H,2,5-6,9-10H2,(H,19,20,21)/t12-,15-/m1/s1. The minimum Gasteiger partial charge on any atom is -0.371 e. The Morgan fingerprint density at radius 1 is 1.22 bits per heavy atom. The fraction of sp³-hybridized carbons (Fsp3) is 0.467. The molecule has 0 bridgehead atoms. The van der Waals surface area contributed by atoms with Crippen molar-refractivity contribution in [2.24, 2.45) is 0 Å². The number of rotatable bonds is 3. The van der Waals surface area contributed by atoms with Crippen molar-refractivity contribution < 1.29 is 9.13 Å². The topological polar surface area (TPSA) is 76.1 Å². The fourth-order valence-corrected chi connectivity index (χ4v) is 3.26. The maximum absolute atomic E-state index is 12.9. The van der Waals surface area contributed by atoms with Gasteiger partial charge in [0.2, 0.25) is 11.9 Å². The van der Waals surface area contributed by atoms with Crippen LogP contribution in [0.1, 0.15) is 12.8 Å². The van der Waals surface area contributed by atoms with Crippen molar-refractivity contribution in [1.29, 1.82) is 0 Å². The van der Waals surface area contributed by atoms with Crippen molar-refractivity contribution in [3.63, 3.8) is 0 Å². The molecular formula is C15H17FN6O. The summed E-state index contributed by atoms with van der Waals surface area (Å²) < 4.78 is 18.9. The summed E-state index contributed by atoms with van der Waals surface area (Å²) in [6, 6.07) is 1.93. The van der Waals surface area contributed by atoms with E-state index in [9.17, 15) is 4.39 Å². The molecule has 0 radical (unpaired) electrons. The zero-order chi connectivity index (χ0) is 15.7. The van der Waals surface area contributed by atoms with Crippen LogP contribution in [-0.2, 0) is 4.74 Å². The number of hydrogen-bond donors (Lipinski definition) is 1. The Balaban J connectivity index is 1.39. The lowest BCUT2D eigenvalue weighted by molar-refractivity contribution is 0.0228. The van der Waals surface area contributed by atoms with E-state index in [4.69, 9.17) is 4.74 Å². The molecule has 120 valence electrons. The SMILES string of the molecule is Fc1cnc(N[C@H]2CO[C@]3(CCN(c4ncccn4)C3)C2)nc1. The van der Waals surface area contributed by atoms with Crippen LogP contribution in [0.15, 0.2) is 30.9 Å². The molecule has 2 aliphatic heterocycles. The monoisotopic (exact) mass is 316 g/mol. The second-order valence-electron chi connectivity index (χ2n) is 5.98. The van der Waals surface area contributed by atoms with E-state index in [1.165, 1.54) is 0 Å². The Hall–Kier alpha value is -2.35. The minimum absolute atomic E-state index is 0.122. The van der Waals surface area contributed by atoms with E-state index in [-0.39, 0.29) is 11.6 Å². The summed E-state index contributed by atoms with van der Waals surface area (Å²) in [7, 11) is 0. The van der Waals surface area contributed by atoms with Crippen LogP contribution in [0.4, 0.5) is 16.3 Å². The van der Waals surface area contributed by atoms with Gasteiger partial charge in [-0.15, -0.1) is 0 Å². The van der Waals surface area contributed by atoms with Gasteiger partial charge in [-0.05, 0) is 12.5 Å². The Bertz CT molecular complexity index is 669. The summed E-state index contributed by atoms with van der Waals surface area (Å²) in [5, 5.41) is 3.21. The molecule has 2 aliphatic rings. The van der Waals surface area contributed by atoms with E-state index in [1.54, 1.807) is 12.4 Å². The number of hydrogen-bond acceptors (Lipinski definition) is 7. The van der Waals surface area contributed by atoms with Crippen molar-refractivity contribution in [3.05, 3.63) is 36.7 Å². The predicted molar refractivity (Wildman–Crippen MR) is 81.6 cm³/mol. The Morgan fingerprint density at radius 2 is 2.00 bits per heavy atom. The first-order valence-corrected chi connectivity index (χ1v) is 7.62. The molecule has 2 saturated heterocycles. The highest BCUT2D eigenvalue weighted by molar-refractivity contribution is 5.34. The van der Waals surface area contributed by atoms with Gasteiger partial charge in [0.15, 0.2) is 5.82 Å². The Labute approximate surface area is 132 Å². The van der Waals surface area contributed by atoms with Crippen LogP contribution in [0.5, 0.6) is 0 Å². The van der Waals surface area contributed by atoms with Crippen LogP contribution in [0, 0.1) is 5.82 Å². The third-order valence-electron chi connectivity index (χ3n) is 4.31. The first-order valence-electron chi connectivity index (χ1n) is 7.62. The van der Waals surface area contributed by atoms with Gasteiger partial charge in [-0.2, -0.15) is 0 Å². The van der Waals surface area contributed by atoms with Gasteiger partial charge in [-0.3, -0.25) is 0 Å². The quantitative estimate of drug-likeness (QED) is 0.913. The van der Waals surface area contributed by atoms with Crippen LogP contribution in [-0.4, -0.2) is 51.3 Å². The van der Waals surface area contributed by atoms with Crippen molar-refractivity contribution in [2.75, 3.05) is 29.9 Å². The average molecular weight is 316 g/mol. The van der Waals surface area contributed by atoms with E-state index in [0.29, 0.717) is 12.6 Å². The largest absolute Gasteiger partial charge is 0.371 e. The molecule has 8 heteroatoms. The molecule has 2 aromatic heterocycles. The Kier molecular flexibility index (Phi) is 3.53. The zero-order valence-electron chi connectivity index (χ0n) is 12.5. The number of aromatic nitrogens is 4. The predicted octanol–water partition coefficient (Wildman–Crippen LogP) is 1.26. The van der Waals surface area contributed by atoms with Gasteiger partial charge in [0.25, 0.3) is 0 Å². The number of halogens is 1. The van der Waals surface area contributed by atoms with Crippen LogP contribution in [0.25, 0.3) is 0 Å². The highest BCUT2D eigenvalue weighted by Crippen LogP contribution is 2.36. The van der Waals surface area contributed by atoms with Gasteiger partial charge in [-0.25, -0.2) is 24.3 Å². The summed E-state index contributed by atoms with van der Waals surface area (Å²) in [6.45, 7) is 2.24. The smallest absolute Gasteiger partial charge is 0.225 e. The fourth-order valence-electron chi connectivity index (χ4n) is 3.26. The lowest BCUT2D eigenvalue weighted by Crippen LogP contribution is -2.34. The summed E-state index contributed by atoms with van der Waals surface area (Å²) in [5.74, 6) is 0.730. The molecule has 4 heterocycles. The van der Waals surface area contributed by atoms with E-state index in [2.05, 4.69) is 30.2 Å². The molecule has 0 saturated carbocycles. The molecule has 4 rings (SSSR count). The van der Waals surface area contributed by atoms with Crippen molar-refractivity contribution in [1.82, 2.24) is 19.9 Å². The molecule has 23 heavy (non-hydrogen) atoms. The average Bonchev–Trinajstić information content (AvgIpc) is 3.18. The zero-order valence-corrected chi connectivity index (χ0v) is 12.5. The summed E-state index contributed by atoms with van der Waals surface area (Å²) in [5.41, 5.74) is -0.184. The van der Waals surface area contributed by atoms with Crippen LogP contribution < -0.4 is 10.2 Å². The molecule has 2 aromatic rings. The number of ether oxygens (including phenoxy) is 1. The first kappa shape index (κ1) is 14.3. The van der Waals surface area contributed by atoms with Crippen LogP contribution >= 0.6 is 0 Å². The van der Waals surface area contributed by atoms with Crippen LogP contribution in [0.3, 0.4) is 0 Å². The molecule has 0 aromatic carbocycles. The van der Waals surface area contributed by atoms with Gasteiger partial charge in [0.1, 0.15) is 0 Å². The normalized spacial score (nSPS) is 26.8. The van der Waals surface area contributed by atoms with E-state index >= 15 is 0 Å². The molecular weight excluding hydrogens is 299 g/mol. The molecule has 0 aliphatic carbocycles. The second kappa shape index (κ2) is 5.69. The highest BCUT2D eigenvalue weighted by atomic mass is 19.1. The van der Waals surface area contributed by atoms with E-state index in [1.807, 2.05) is 6.07 Å². The van der Waals surface area contributed by atoms with Crippen molar-refractivity contribution in [2.45, 2.75) is 24.5 Å². The lowest BCUT2D eigenvalue weighted by atomic mass is 9.97. The number of nitrogens with zero attached hydrogens (tertiary/aromatic N) is 5. The summed E-state index contributed by atoms with van der Waals surface area (Å²) >= 11 is 0. The molecule has 2 atom stereocenters. The molecule has 1 N–H and O–H groups in total. The Morgan fingerprint density at radius 3 is 2.78 bits per heavy atom. The highest BCUT2D eigenvalue weighted by Gasteiger charge is 2.46. The maximum atomic E-state index is 12.9. The van der Waals surface area contributed by atoms with Crippen molar-refractivity contribution in [3.8, 4) is 0 Å². The summed E-state index contributed by atoms with van der Waals surface area (Å²) in [4.78, 5) is 18.6. The molecule has 0 amide bonds. The van der Waals surface area contributed by atoms with E-state index < -0.39 is 5.82 Å². The number of anilines is 2. The minimum atomic E-state index is -0.441. The molecule has 1 spiro atoms. The summed E-state index contributed by atoms with van der Waals surface area (Å²) in [6.07, 6.45) is 7.61. The van der Waals surface area contributed by atoms with Gasteiger partial charge < -0.3 is 15.0 Å². The first-order chi connectivity index (χ1) is 11.2. The van der Waals surface area contributed by atoms with Gasteiger partial charge >= 0.3 is 0 Å². The van der Waals surface area contributed by atoms with Crippen LogP contribution in [0.2, 0.25) is 0 Å². The molecule has 7 nitrogen and oxygen atoms in total. The lowest BCUT2D eigenvalue weighted by Gasteiger charge is -2.23. The molecule has 0 unspecified atom stereocenters. The third-order valence-corrected chi connectivity index (χ3v) is 4.31. The van der Waals surface area contributed by atoms with Crippen molar-refractivity contribution >= 4 is 11.9 Å². The van der Waals surface area contributed by atoms with Gasteiger partial charge in [0.05, 0.1) is 37.2 Å². The maximum Gasteiger partial charge on any atom is 0.225 e. The van der Waals surface area contributed by atoms with Gasteiger partial charge in [-0.1, -0.05) is 0 Å². The second-order valence-corrected chi connectivity index (χ2v) is 5.98. The van der Waals surface area contributed by atoms with Gasteiger partial charge in [0, 0.05) is 25.4 Å². The number of nitrogens with one attached hydrogen (secondary N) is 1. The molecule has 2 fully saturated rings. The van der Waals surface area contributed by atoms with E-state index in [0.717, 1.165) is 44.3 Å².